The third kappa shape index (κ3) is 4.99. The van der Waals surface area contributed by atoms with Crippen LogP contribution >= 0.6 is 0 Å². The van der Waals surface area contributed by atoms with Gasteiger partial charge < -0.3 is 15.3 Å². The molecule has 0 aromatic heterocycles. The van der Waals surface area contributed by atoms with Crippen molar-refractivity contribution in [3.63, 3.8) is 0 Å². The van der Waals surface area contributed by atoms with E-state index in [-0.39, 0.29) is 12.1 Å². The second-order valence-corrected chi connectivity index (χ2v) is 5.73. The van der Waals surface area contributed by atoms with Crippen molar-refractivity contribution >= 4 is 6.03 Å². The van der Waals surface area contributed by atoms with E-state index in [9.17, 15) is 9.90 Å². The van der Waals surface area contributed by atoms with Gasteiger partial charge in [0.15, 0.2) is 0 Å². The standard InChI is InChI=1S/C14H29N3O2/c1-5-16(11(2)3)9-7-15-14(19)17-8-6-12(4)13(18)10-17/h11-13,18H,5-10H2,1-4H3,(H,15,19). The van der Waals surface area contributed by atoms with Crippen molar-refractivity contribution in [2.24, 2.45) is 5.92 Å². The molecule has 1 saturated heterocycles. The number of likely N-dealkylation sites (tertiary alicyclic amines) is 1. The molecule has 5 heteroatoms. The van der Waals surface area contributed by atoms with Crippen molar-refractivity contribution in [2.45, 2.75) is 46.3 Å². The fourth-order valence-electron chi connectivity index (χ4n) is 2.43. The summed E-state index contributed by atoms with van der Waals surface area (Å²) in [5.41, 5.74) is 0. The number of aliphatic hydroxyl groups excluding tert-OH is 1. The number of piperidine rings is 1. The van der Waals surface area contributed by atoms with Crippen molar-refractivity contribution in [1.82, 2.24) is 15.1 Å². The molecule has 1 rings (SSSR count). The topological polar surface area (TPSA) is 55.8 Å². The number of carbonyl (C=O) groups is 1. The molecular weight excluding hydrogens is 242 g/mol. The van der Waals surface area contributed by atoms with E-state index in [0.717, 1.165) is 26.1 Å². The quantitative estimate of drug-likeness (QED) is 0.788. The van der Waals surface area contributed by atoms with Gasteiger partial charge in [-0.1, -0.05) is 13.8 Å². The zero-order valence-corrected chi connectivity index (χ0v) is 12.7. The van der Waals surface area contributed by atoms with Gasteiger partial charge in [0.25, 0.3) is 0 Å². The minimum Gasteiger partial charge on any atom is -0.391 e. The molecule has 112 valence electrons. The van der Waals surface area contributed by atoms with Gasteiger partial charge in [-0.25, -0.2) is 4.79 Å². The maximum absolute atomic E-state index is 12.0. The molecule has 2 unspecified atom stereocenters. The molecule has 1 aliphatic heterocycles. The smallest absolute Gasteiger partial charge is 0.317 e. The average Bonchev–Trinajstić information content (AvgIpc) is 2.37. The molecule has 5 nitrogen and oxygen atoms in total. The van der Waals surface area contributed by atoms with E-state index in [2.05, 4.69) is 31.0 Å². The molecule has 0 aromatic carbocycles. The lowest BCUT2D eigenvalue weighted by Crippen LogP contribution is -2.50. The zero-order valence-electron chi connectivity index (χ0n) is 12.7. The monoisotopic (exact) mass is 271 g/mol. The van der Waals surface area contributed by atoms with Gasteiger partial charge in [0.2, 0.25) is 0 Å². The number of nitrogens with zero attached hydrogens (tertiary/aromatic N) is 2. The largest absolute Gasteiger partial charge is 0.391 e. The summed E-state index contributed by atoms with van der Waals surface area (Å²) in [5, 5.41) is 12.7. The van der Waals surface area contributed by atoms with Crippen molar-refractivity contribution in [3.8, 4) is 0 Å². The fraction of sp³-hybridized carbons (Fsp3) is 0.929. The summed E-state index contributed by atoms with van der Waals surface area (Å²) < 4.78 is 0. The Morgan fingerprint density at radius 3 is 2.74 bits per heavy atom. The van der Waals surface area contributed by atoms with Crippen molar-refractivity contribution < 1.29 is 9.90 Å². The number of hydrogen-bond acceptors (Lipinski definition) is 3. The summed E-state index contributed by atoms with van der Waals surface area (Å²) in [6, 6.07) is 0.449. The SMILES string of the molecule is CCN(CCNC(=O)N1CCC(C)C(O)C1)C(C)C. The molecule has 1 heterocycles. The number of likely N-dealkylation sites (N-methyl/N-ethyl adjacent to an activating group) is 1. The van der Waals surface area contributed by atoms with Gasteiger partial charge in [0.05, 0.1) is 6.10 Å². The summed E-state index contributed by atoms with van der Waals surface area (Å²) in [7, 11) is 0. The second-order valence-electron chi connectivity index (χ2n) is 5.73. The highest BCUT2D eigenvalue weighted by Gasteiger charge is 2.27. The molecular formula is C14H29N3O2. The van der Waals surface area contributed by atoms with Crippen molar-refractivity contribution in [1.29, 1.82) is 0 Å². The van der Waals surface area contributed by atoms with Crippen LogP contribution in [0.2, 0.25) is 0 Å². The molecule has 0 bridgehead atoms. The van der Waals surface area contributed by atoms with Crippen LogP contribution in [-0.2, 0) is 0 Å². The molecule has 0 saturated carbocycles. The number of nitrogens with one attached hydrogen (secondary N) is 1. The van der Waals surface area contributed by atoms with Gasteiger partial charge in [-0.2, -0.15) is 0 Å². The summed E-state index contributed by atoms with van der Waals surface area (Å²) >= 11 is 0. The van der Waals surface area contributed by atoms with Crippen LogP contribution in [0.15, 0.2) is 0 Å². The maximum Gasteiger partial charge on any atom is 0.317 e. The molecule has 2 atom stereocenters. The van der Waals surface area contributed by atoms with E-state index in [1.54, 1.807) is 4.90 Å². The molecule has 19 heavy (non-hydrogen) atoms. The number of amides is 2. The predicted octanol–water partition coefficient (Wildman–Crippen LogP) is 1.13. The van der Waals surface area contributed by atoms with Crippen LogP contribution in [0, 0.1) is 5.92 Å². The molecule has 1 fully saturated rings. The molecule has 0 aliphatic carbocycles. The number of rotatable bonds is 5. The molecule has 1 aliphatic rings. The van der Waals surface area contributed by atoms with Crippen LogP contribution in [0.4, 0.5) is 4.79 Å². The Labute approximate surface area is 117 Å². The average molecular weight is 271 g/mol. The normalized spacial score (nSPS) is 24.1. The van der Waals surface area contributed by atoms with E-state index >= 15 is 0 Å². The highest BCUT2D eigenvalue weighted by atomic mass is 16.3. The maximum atomic E-state index is 12.0. The van der Waals surface area contributed by atoms with E-state index in [1.165, 1.54) is 0 Å². The van der Waals surface area contributed by atoms with E-state index in [0.29, 0.717) is 25.0 Å². The van der Waals surface area contributed by atoms with Gasteiger partial charge in [0, 0.05) is 32.2 Å². The van der Waals surface area contributed by atoms with Gasteiger partial charge >= 0.3 is 6.03 Å². The van der Waals surface area contributed by atoms with E-state index < -0.39 is 0 Å². The molecule has 2 N–H and O–H groups in total. The minimum absolute atomic E-state index is 0.0502. The Kier molecular flexibility index (Phi) is 6.58. The first-order valence-electron chi connectivity index (χ1n) is 7.40. The lowest BCUT2D eigenvalue weighted by molar-refractivity contribution is 0.0434. The summed E-state index contributed by atoms with van der Waals surface area (Å²) in [6.45, 7) is 12.2. The highest BCUT2D eigenvalue weighted by molar-refractivity contribution is 5.74. The number of urea groups is 1. The first-order valence-corrected chi connectivity index (χ1v) is 7.40. The van der Waals surface area contributed by atoms with Crippen LogP contribution in [0.5, 0.6) is 0 Å². The van der Waals surface area contributed by atoms with Crippen LogP contribution in [0.1, 0.15) is 34.1 Å². The van der Waals surface area contributed by atoms with E-state index in [1.807, 2.05) is 6.92 Å². The summed E-state index contributed by atoms with van der Waals surface area (Å²) in [5.74, 6) is 0.292. The van der Waals surface area contributed by atoms with E-state index in [4.69, 9.17) is 0 Å². The Bertz CT molecular complexity index is 284. The molecule has 0 aromatic rings. The first-order chi connectivity index (χ1) is 8.95. The van der Waals surface area contributed by atoms with Crippen LogP contribution in [-0.4, -0.2) is 65.8 Å². The molecule has 0 spiro atoms. The number of aliphatic hydroxyl groups is 1. The van der Waals surface area contributed by atoms with Gasteiger partial charge in [-0.3, -0.25) is 4.90 Å². The number of carbonyl (C=O) groups excluding carboxylic acids is 1. The van der Waals surface area contributed by atoms with Gasteiger partial charge in [-0.15, -0.1) is 0 Å². The molecule has 2 amide bonds. The number of hydrogen-bond donors (Lipinski definition) is 2. The summed E-state index contributed by atoms with van der Waals surface area (Å²) in [6.07, 6.45) is 0.490. The van der Waals surface area contributed by atoms with Crippen LogP contribution in [0.25, 0.3) is 0 Å². The second kappa shape index (κ2) is 7.70. The zero-order chi connectivity index (χ0) is 14.4. The molecule has 0 radical (unpaired) electrons. The Hall–Kier alpha value is -0.810. The fourth-order valence-corrected chi connectivity index (χ4v) is 2.43. The lowest BCUT2D eigenvalue weighted by atomic mass is 9.96. The minimum atomic E-state index is -0.387. The Balaban J connectivity index is 2.28. The first kappa shape index (κ1) is 16.2. The highest BCUT2D eigenvalue weighted by Crippen LogP contribution is 2.16. The predicted molar refractivity (Wildman–Crippen MR) is 77.1 cm³/mol. The summed E-state index contributed by atoms with van der Waals surface area (Å²) in [4.78, 5) is 16.0. The third-order valence-corrected chi connectivity index (χ3v) is 4.02. The number of β-amino-alcohol motifs (C(OH)–C–C–N with tert-alkyl or cyclic N) is 1. The van der Waals surface area contributed by atoms with Gasteiger partial charge in [-0.05, 0) is 32.7 Å². The van der Waals surface area contributed by atoms with Gasteiger partial charge in [0.1, 0.15) is 0 Å². The Morgan fingerprint density at radius 1 is 1.53 bits per heavy atom. The van der Waals surface area contributed by atoms with Crippen LogP contribution in [0.3, 0.4) is 0 Å². The van der Waals surface area contributed by atoms with Crippen LogP contribution < -0.4 is 5.32 Å². The lowest BCUT2D eigenvalue weighted by Gasteiger charge is -2.34. The van der Waals surface area contributed by atoms with Crippen molar-refractivity contribution in [2.75, 3.05) is 32.7 Å². The third-order valence-electron chi connectivity index (χ3n) is 4.02. The Morgan fingerprint density at radius 2 is 2.21 bits per heavy atom. The van der Waals surface area contributed by atoms with Crippen molar-refractivity contribution in [3.05, 3.63) is 0 Å².